The van der Waals surface area contributed by atoms with E-state index in [1.165, 1.54) is 4.90 Å². The van der Waals surface area contributed by atoms with E-state index in [9.17, 15) is 4.79 Å². The fourth-order valence-electron chi connectivity index (χ4n) is 1.42. The quantitative estimate of drug-likeness (QED) is 0.879. The third-order valence-corrected chi connectivity index (χ3v) is 2.74. The molecule has 0 aliphatic rings. The number of carbonyl (C=O) groups excluding carboxylic acids is 1. The van der Waals surface area contributed by atoms with Gasteiger partial charge in [0.05, 0.1) is 17.8 Å². The second-order valence-corrected chi connectivity index (χ2v) is 4.00. The lowest BCUT2D eigenvalue weighted by Crippen LogP contribution is -2.26. The van der Waals surface area contributed by atoms with Crippen molar-refractivity contribution in [3.8, 4) is 5.75 Å². The summed E-state index contributed by atoms with van der Waals surface area (Å²) in [6, 6.07) is 5.14. The van der Waals surface area contributed by atoms with Crippen LogP contribution in [-0.2, 0) is 4.79 Å². The Hall–Kier alpha value is -1.26. The molecule has 0 saturated carbocycles. The van der Waals surface area contributed by atoms with Gasteiger partial charge in [0.25, 0.3) is 0 Å². The van der Waals surface area contributed by atoms with E-state index in [2.05, 4.69) is 0 Å². The summed E-state index contributed by atoms with van der Waals surface area (Å²) >= 11 is 6.06. The van der Waals surface area contributed by atoms with Crippen molar-refractivity contribution in [2.75, 3.05) is 25.7 Å². The van der Waals surface area contributed by atoms with Gasteiger partial charge in [-0.25, -0.2) is 0 Å². The van der Waals surface area contributed by atoms with Gasteiger partial charge in [-0.15, -0.1) is 0 Å². The number of aliphatic hydroxyl groups excluding tert-OH is 1. The van der Waals surface area contributed by atoms with Gasteiger partial charge in [0, 0.05) is 26.1 Å². The zero-order chi connectivity index (χ0) is 12.8. The largest absolute Gasteiger partial charge is 0.497 e. The van der Waals surface area contributed by atoms with E-state index in [0.717, 1.165) is 0 Å². The summed E-state index contributed by atoms with van der Waals surface area (Å²) in [5.41, 5.74) is 0.635. The summed E-state index contributed by atoms with van der Waals surface area (Å²) in [6.07, 6.45) is 0.756. The lowest BCUT2D eigenvalue weighted by Gasteiger charge is -2.19. The lowest BCUT2D eigenvalue weighted by atomic mass is 10.2. The highest BCUT2D eigenvalue weighted by Crippen LogP contribution is 2.29. The highest BCUT2D eigenvalue weighted by molar-refractivity contribution is 6.34. The van der Waals surface area contributed by atoms with Crippen molar-refractivity contribution in [1.29, 1.82) is 0 Å². The van der Waals surface area contributed by atoms with Gasteiger partial charge >= 0.3 is 0 Å². The third kappa shape index (κ3) is 3.61. The van der Waals surface area contributed by atoms with E-state index in [-0.39, 0.29) is 12.5 Å². The molecule has 0 heterocycles. The second kappa shape index (κ2) is 6.47. The minimum Gasteiger partial charge on any atom is -0.497 e. The van der Waals surface area contributed by atoms with E-state index in [1.54, 1.807) is 32.4 Å². The van der Waals surface area contributed by atoms with Gasteiger partial charge in [0.15, 0.2) is 0 Å². The van der Waals surface area contributed by atoms with Gasteiger partial charge in [-0.2, -0.15) is 0 Å². The molecule has 0 fully saturated rings. The lowest BCUT2D eigenvalue weighted by molar-refractivity contribution is -0.118. The van der Waals surface area contributed by atoms with Gasteiger partial charge < -0.3 is 14.7 Å². The van der Waals surface area contributed by atoms with Gasteiger partial charge in [0.1, 0.15) is 5.75 Å². The van der Waals surface area contributed by atoms with E-state index in [0.29, 0.717) is 29.3 Å². The fourth-order valence-corrected chi connectivity index (χ4v) is 1.72. The minimum absolute atomic E-state index is 0.00985. The number of carbonyl (C=O) groups is 1. The summed E-state index contributed by atoms with van der Waals surface area (Å²) in [5.74, 6) is 0.570. The maximum atomic E-state index is 11.7. The summed E-state index contributed by atoms with van der Waals surface area (Å²) in [4.78, 5) is 13.2. The normalized spacial score (nSPS) is 10.1. The number of halogens is 1. The Bertz CT molecular complexity index is 395. The van der Waals surface area contributed by atoms with Crippen molar-refractivity contribution < 1.29 is 14.6 Å². The van der Waals surface area contributed by atoms with Crippen molar-refractivity contribution in [3.05, 3.63) is 23.2 Å². The van der Waals surface area contributed by atoms with Crippen LogP contribution in [0, 0.1) is 0 Å². The molecule has 1 aromatic carbocycles. The number of ether oxygens (including phenoxy) is 1. The average Bonchev–Trinajstić information content (AvgIpc) is 2.34. The smallest absolute Gasteiger partial charge is 0.226 e. The zero-order valence-electron chi connectivity index (χ0n) is 9.94. The van der Waals surface area contributed by atoms with Crippen LogP contribution in [-0.4, -0.2) is 31.8 Å². The molecule has 17 heavy (non-hydrogen) atoms. The number of rotatable bonds is 5. The Labute approximate surface area is 106 Å². The van der Waals surface area contributed by atoms with Crippen LogP contribution in [0.25, 0.3) is 0 Å². The number of benzene rings is 1. The molecule has 0 spiro atoms. The van der Waals surface area contributed by atoms with Gasteiger partial charge in [0.2, 0.25) is 5.91 Å². The number of hydrogen-bond donors (Lipinski definition) is 1. The van der Waals surface area contributed by atoms with Gasteiger partial charge in [-0.1, -0.05) is 11.6 Å². The summed E-state index contributed by atoms with van der Waals surface area (Å²) in [7, 11) is 3.22. The highest BCUT2D eigenvalue weighted by atomic mass is 35.5. The minimum atomic E-state index is -0.0777. The zero-order valence-corrected chi connectivity index (χ0v) is 10.7. The predicted octanol–water partition coefficient (Wildman–Crippen LogP) is 2.08. The topological polar surface area (TPSA) is 49.8 Å². The number of hydrogen-bond acceptors (Lipinski definition) is 3. The van der Waals surface area contributed by atoms with Gasteiger partial charge in [-0.3, -0.25) is 4.79 Å². The predicted molar refractivity (Wildman–Crippen MR) is 67.7 cm³/mol. The Morgan fingerprint density at radius 2 is 2.24 bits per heavy atom. The van der Waals surface area contributed by atoms with Gasteiger partial charge in [-0.05, 0) is 18.6 Å². The first kappa shape index (κ1) is 13.8. The summed E-state index contributed by atoms with van der Waals surface area (Å²) < 4.78 is 5.03. The first-order valence-electron chi connectivity index (χ1n) is 5.31. The number of amides is 1. The number of anilines is 1. The molecule has 5 heteroatoms. The van der Waals surface area contributed by atoms with Crippen LogP contribution in [0.5, 0.6) is 5.75 Å². The van der Waals surface area contributed by atoms with Crippen LogP contribution in [0.3, 0.4) is 0 Å². The number of nitrogens with zero attached hydrogens (tertiary/aromatic N) is 1. The average molecular weight is 258 g/mol. The maximum absolute atomic E-state index is 11.7. The van der Waals surface area contributed by atoms with Crippen molar-refractivity contribution in [2.24, 2.45) is 0 Å². The molecule has 0 aromatic heterocycles. The molecule has 0 radical (unpaired) electrons. The third-order valence-electron chi connectivity index (χ3n) is 2.44. The van der Waals surface area contributed by atoms with Crippen molar-refractivity contribution >= 4 is 23.2 Å². The van der Waals surface area contributed by atoms with Crippen molar-refractivity contribution in [3.63, 3.8) is 0 Å². The molecule has 0 atom stereocenters. The molecular formula is C12H16ClNO3. The molecule has 1 amide bonds. The van der Waals surface area contributed by atoms with Crippen LogP contribution in [0.15, 0.2) is 18.2 Å². The summed E-state index contributed by atoms with van der Waals surface area (Å²) in [5, 5.41) is 9.14. The SMILES string of the molecule is COc1ccc(N(C)C(=O)CCCO)c(Cl)c1. The van der Waals surface area contributed by atoms with Crippen LogP contribution in [0.1, 0.15) is 12.8 Å². The van der Waals surface area contributed by atoms with Crippen molar-refractivity contribution in [2.45, 2.75) is 12.8 Å². The standard InChI is InChI=1S/C12H16ClNO3/c1-14(12(16)4-3-7-15)11-6-5-9(17-2)8-10(11)13/h5-6,8,15H,3-4,7H2,1-2H3. The molecule has 1 N–H and O–H groups in total. The van der Waals surface area contributed by atoms with Crippen molar-refractivity contribution in [1.82, 2.24) is 0 Å². The first-order valence-corrected chi connectivity index (χ1v) is 5.69. The first-order chi connectivity index (χ1) is 8.10. The van der Waals surface area contributed by atoms with E-state index >= 15 is 0 Å². The highest BCUT2D eigenvalue weighted by Gasteiger charge is 2.13. The fraction of sp³-hybridized carbons (Fsp3) is 0.417. The molecule has 4 nitrogen and oxygen atoms in total. The molecule has 1 rings (SSSR count). The number of methoxy groups -OCH3 is 1. The Morgan fingerprint density at radius 1 is 1.53 bits per heavy atom. The molecule has 0 bridgehead atoms. The Balaban J connectivity index is 2.81. The van der Waals surface area contributed by atoms with E-state index < -0.39 is 0 Å². The molecule has 0 aliphatic heterocycles. The van der Waals surface area contributed by atoms with Crippen LogP contribution >= 0.6 is 11.6 Å². The van der Waals surface area contributed by atoms with E-state index in [4.69, 9.17) is 21.4 Å². The van der Waals surface area contributed by atoms with Crippen LogP contribution < -0.4 is 9.64 Å². The molecule has 0 unspecified atom stereocenters. The van der Waals surface area contributed by atoms with E-state index in [1.807, 2.05) is 0 Å². The Morgan fingerprint density at radius 3 is 2.76 bits per heavy atom. The second-order valence-electron chi connectivity index (χ2n) is 3.60. The molecular weight excluding hydrogens is 242 g/mol. The molecule has 94 valence electrons. The molecule has 1 aromatic rings. The summed E-state index contributed by atoms with van der Waals surface area (Å²) in [6.45, 7) is 0.00985. The number of aliphatic hydroxyl groups is 1. The monoisotopic (exact) mass is 257 g/mol. The molecule has 0 saturated heterocycles. The van der Waals surface area contributed by atoms with Crippen LogP contribution in [0.2, 0.25) is 5.02 Å². The van der Waals surface area contributed by atoms with Crippen LogP contribution in [0.4, 0.5) is 5.69 Å². The maximum Gasteiger partial charge on any atom is 0.226 e. The Kier molecular flexibility index (Phi) is 5.25. The molecule has 0 aliphatic carbocycles.